The van der Waals surface area contributed by atoms with E-state index in [1.807, 2.05) is 0 Å². The van der Waals surface area contributed by atoms with Gasteiger partial charge in [-0.05, 0) is 32.4 Å². The van der Waals surface area contributed by atoms with Gasteiger partial charge in [-0.2, -0.15) is 0 Å². The first-order valence-corrected chi connectivity index (χ1v) is 7.21. The highest BCUT2D eigenvalue weighted by molar-refractivity contribution is 4.96. The van der Waals surface area contributed by atoms with Gasteiger partial charge in [0.1, 0.15) is 0 Å². The molecule has 0 aliphatic rings. The van der Waals surface area contributed by atoms with Gasteiger partial charge in [-0.25, -0.2) is 0 Å². The van der Waals surface area contributed by atoms with Crippen LogP contribution in [0.2, 0.25) is 0 Å². The molecule has 0 amide bonds. The van der Waals surface area contributed by atoms with Crippen LogP contribution in [-0.4, -0.2) is 42.8 Å². The van der Waals surface area contributed by atoms with Crippen molar-refractivity contribution in [2.45, 2.75) is 65.5 Å². The van der Waals surface area contributed by atoms with E-state index in [9.17, 15) is 0 Å². The molecule has 3 nitrogen and oxygen atoms in total. The Hall–Kier alpha value is -0.120. The average Bonchev–Trinajstić information content (AvgIpc) is 2.36. The van der Waals surface area contributed by atoms with Crippen LogP contribution in [-0.2, 0) is 4.74 Å². The maximum absolute atomic E-state index is 6.40. The van der Waals surface area contributed by atoms with E-state index in [1.54, 1.807) is 0 Å². The molecule has 17 heavy (non-hydrogen) atoms. The van der Waals surface area contributed by atoms with Crippen LogP contribution in [0.3, 0.4) is 0 Å². The second-order valence-electron chi connectivity index (χ2n) is 4.66. The van der Waals surface area contributed by atoms with Crippen LogP contribution in [0, 0.1) is 0 Å². The molecule has 0 aliphatic carbocycles. The highest BCUT2D eigenvalue weighted by Gasteiger charge is 2.37. The lowest BCUT2D eigenvalue weighted by atomic mass is 9.83. The number of rotatable bonds is 10. The van der Waals surface area contributed by atoms with Crippen molar-refractivity contribution in [2.75, 3.05) is 26.3 Å². The lowest BCUT2D eigenvalue weighted by molar-refractivity contribution is 0.0178. The number of nitrogens with zero attached hydrogens (tertiary/aromatic N) is 1. The molecular weight excluding hydrogens is 212 g/mol. The molecule has 0 aromatic rings. The van der Waals surface area contributed by atoms with Crippen LogP contribution in [0.4, 0.5) is 0 Å². The van der Waals surface area contributed by atoms with E-state index >= 15 is 0 Å². The number of likely N-dealkylation sites (N-methyl/N-ethyl adjacent to an activating group) is 1. The molecule has 0 saturated carbocycles. The fourth-order valence-electron chi connectivity index (χ4n) is 2.82. The van der Waals surface area contributed by atoms with Crippen LogP contribution >= 0.6 is 0 Å². The number of hydrogen-bond donors (Lipinski definition) is 1. The van der Waals surface area contributed by atoms with Crippen LogP contribution in [0.15, 0.2) is 0 Å². The van der Waals surface area contributed by atoms with Crippen molar-refractivity contribution in [1.82, 2.24) is 4.90 Å². The Balaban J connectivity index is 4.66. The predicted octanol–water partition coefficient (Wildman–Crippen LogP) is 2.64. The first-order chi connectivity index (χ1) is 8.12. The first-order valence-electron chi connectivity index (χ1n) is 7.21. The largest absolute Gasteiger partial charge is 0.380 e. The molecule has 0 bridgehead atoms. The van der Waals surface area contributed by atoms with Crippen molar-refractivity contribution < 1.29 is 4.74 Å². The molecular formula is C14H32N2O. The number of nitrogens with two attached hydrogens (primary N) is 1. The Labute approximate surface area is 108 Å². The van der Waals surface area contributed by atoms with Crippen LogP contribution in [0.25, 0.3) is 0 Å². The molecule has 3 heteroatoms. The smallest absolute Gasteiger partial charge is 0.0635 e. The molecule has 0 heterocycles. The molecule has 0 rings (SSSR count). The van der Waals surface area contributed by atoms with Gasteiger partial charge in [0.2, 0.25) is 0 Å². The molecule has 0 spiro atoms. The maximum Gasteiger partial charge on any atom is 0.0635 e. The quantitative estimate of drug-likeness (QED) is 0.600. The van der Waals surface area contributed by atoms with E-state index in [1.165, 1.54) is 0 Å². The summed E-state index contributed by atoms with van der Waals surface area (Å²) >= 11 is 0. The third kappa shape index (κ3) is 4.23. The Bertz CT molecular complexity index is 177. The summed E-state index contributed by atoms with van der Waals surface area (Å²) in [7, 11) is 0. The monoisotopic (exact) mass is 244 g/mol. The fourth-order valence-corrected chi connectivity index (χ4v) is 2.82. The molecule has 0 aliphatic heterocycles. The lowest BCUT2D eigenvalue weighted by Gasteiger charge is -2.46. The summed E-state index contributed by atoms with van der Waals surface area (Å²) in [5.41, 5.74) is 6.49. The number of ether oxygens (including phenoxy) is 1. The SMILES string of the molecule is CCCOCC(N)C(CC)(CC)N(CC)CC. The zero-order chi connectivity index (χ0) is 13.3. The summed E-state index contributed by atoms with van der Waals surface area (Å²) in [6.07, 6.45) is 3.23. The second kappa shape index (κ2) is 8.90. The molecule has 104 valence electrons. The zero-order valence-electron chi connectivity index (χ0n) is 12.5. The average molecular weight is 244 g/mol. The Morgan fingerprint density at radius 1 is 1.06 bits per heavy atom. The van der Waals surface area contributed by atoms with Gasteiger partial charge < -0.3 is 10.5 Å². The molecule has 1 atom stereocenters. The summed E-state index contributed by atoms with van der Waals surface area (Å²) < 4.78 is 5.64. The molecule has 0 saturated heterocycles. The van der Waals surface area contributed by atoms with Crippen LogP contribution < -0.4 is 5.73 Å². The third-order valence-corrected chi connectivity index (χ3v) is 3.95. The summed E-state index contributed by atoms with van der Waals surface area (Å²) in [6.45, 7) is 14.6. The molecule has 0 aromatic heterocycles. The van der Waals surface area contributed by atoms with Crippen molar-refractivity contribution >= 4 is 0 Å². The Morgan fingerprint density at radius 3 is 1.94 bits per heavy atom. The van der Waals surface area contributed by atoms with Gasteiger partial charge in [0.15, 0.2) is 0 Å². The van der Waals surface area contributed by atoms with Crippen LogP contribution in [0.1, 0.15) is 53.9 Å². The van der Waals surface area contributed by atoms with Crippen molar-refractivity contribution in [3.05, 3.63) is 0 Å². The van der Waals surface area contributed by atoms with Gasteiger partial charge in [0.25, 0.3) is 0 Å². The zero-order valence-corrected chi connectivity index (χ0v) is 12.5. The molecule has 0 radical (unpaired) electrons. The Kier molecular flexibility index (Phi) is 8.83. The van der Waals surface area contributed by atoms with E-state index in [4.69, 9.17) is 10.5 Å². The summed E-state index contributed by atoms with van der Waals surface area (Å²) in [4.78, 5) is 2.49. The number of hydrogen-bond acceptors (Lipinski definition) is 3. The maximum atomic E-state index is 6.40. The topological polar surface area (TPSA) is 38.5 Å². The fraction of sp³-hybridized carbons (Fsp3) is 1.00. The van der Waals surface area contributed by atoms with Crippen LogP contribution in [0.5, 0.6) is 0 Å². The molecule has 0 fully saturated rings. The third-order valence-electron chi connectivity index (χ3n) is 3.95. The first kappa shape index (κ1) is 16.9. The summed E-state index contributed by atoms with van der Waals surface area (Å²) in [6, 6.07) is 0.101. The van der Waals surface area contributed by atoms with Crippen molar-refractivity contribution in [1.29, 1.82) is 0 Å². The summed E-state index contributed by atoms with van der Waals surface area (Å²) in [5, 5.41) is 0. The highest BCUT2D eigenvalue weighted by atomic mass is 16.5. The van der Waals surface area contributed by atoms with Gasteiger partial charge in [-0.1, -0.05) is 34.6 Å². The standard InChI is InChI=1S/C14H32N2O/c1-6-11-17-12-13(15)14(7-2,8-3)16(9-4)10-5/h13H,6-12,15H2,1-5H3. The second-order valence-corrected chi connectivity index (χ2v) is 4.66. The van der Waals surface area contributed by atoms with Gasteiger partial charge in [0, 0.05) is 18.2 Å². The summed E-state index contributed by atoms with van der Waals surface area (Å²) in [5.74, 6) is 0. The van der Waals surface area contributed by atoms with Crippen molar-refractivity contribution in [3.8, 4) is 0 Å². The van der Waals surface area contributed by atoms with Gasteiger partial charge in [-0.15, -0.1) is 0 Å². The van der Waals surface area contributed by atoms with E-state index in [2.05, 4.69) is 39.5 Å². The van der Waals surface area contributed by atoms with E-state index in [0.29, 0.717) is 6.61 Å². The molecule has 0 aromatic carbocycles. The Morgan fingerprint density at radius 2 is 1.59 bits per heavy atom. The van der Waals surface area contributed by atoms with Gasteiger partial charge in [-0.3, -0.25) is 4.90 Å². The minimum absolute atomic E-state index is 0.0945. The predicted molar refractivity (Wildman–Crippen MR) is 75.3 cm³/mol. The van der Waals surface area contributed by atoms with Crippen molar-refractivity contribution in [2.24, 2.45) is 5.73 Å². The normalized spacial score (nSPS) is 14.3. The molecule has 2 N–H and O–H groups in total. The van der Waals surface area contributed by atoms with E-state index in [-0.39, 0.29) is 11.6 Å². The lowest BCUT2D eigenvalue weighted by Crippen LogP contribution is -2.61. The van der Waals surface area contributed by atoms with Gasteiger partial charge >= 0.3 is 0 Å². The van der Waals surface area contributed by atoms with Crippen molar-refractivity contribution in [3.63, 3.8) is 0 Å². The van der Waals surface area contributed by atoms with Gasteiger partial charge in [0.05, 0.1) is 6.61 Å². The van der Waals surface area contributed by atoms with E-state index < -0.39 is 0 Å². The minimum Gasteiger partial charge on any atom is -0.380 e. The van der Waals surface area contributed by atoms with E-state index in [0.717, 1.165) is 39.0 Å². The minimum atomic E-state index is 0.0945. The molecule has 1 unspecified atom stereocenters. The highest BCUT2D eigenvalue weighted by Crippen LogP contribution is 2.27.